The van der Waals surface area contributed by atoms with Gasteiger partial charge in [-0.25, -0.2) is 0 Å². The Morgan fingerprint density at radius 3 is 2.67 bits per heavy atom. The number of aryl methyl sites for hydroxylation is 1. The van der Waals surface area contributed by atoms with Crippen LogP contribution in [0.5, 0.6) is 0 Å². The fourth-order valence-corrected chi connectivity index (χ4v) is 2.51. The maximum absolute atomic E-state index is 12.1. The predicted octanol–water partition coefficient (Wildman–Crippen LogP) is 3.02. The quantitative estimate of drug-likeness (QED) is 0.811. The van der Waals surface area contributed by atoms with Gasteiger partial charge in [0.1, 0.15) is 0 Å². The van der Waals surface area contributed by atoms with Gasteiger partial charge in [0.25, 0.3) is 5.91 Å². The molecule has 3 rings (SSSR count). The summed E-state index contributed by atoms with van der Waals surface area (Å²) < 4.78 is 0. The SMILES string of the molecule is Cc1ccc2c(c1)CC(c1ccccc1)NC2=O. The summed E-state index contributed by atoms with van der Waals surface area (Å²) in [5.74, 6) is 0.0325. The molecule has 2 aromatic carbocycles. The van der Waals surface area contributed by atoms with Crippen molar-refractivity contribution in [3.63, 3.8) is 0 Å². The van der Waals surface area contributed by atoms with Crippen molar-refractivity contribution in [2.75, 3.05) is 0 Å². The Bertz CT molecular complexity index is 589. The van der Waals surface area contributed by atoms with Gasteiger partial charge in [-0.1, -0.05) is 48.0 Å². The Balaban J connectivity index is 1.98. The maximum Gasteiger partial charge on any atom is 0.252 e. The number of carbonyl (C=O) groups excluding carboxylic acids is 1. The molecule has 1 aliphatic heterocycles. The average Bonchev–Trinajstić information content (AvgIpc) is 2.39. The van der Waals surface area contributed by atoms with E-state index in [9.17, 15) is 4.79 Å². The molecule has 2 heteroatoms. The van der Waals surface area contributed by atoms with Crippen LogP contribution in [-0.2, 0) is 6.42 Å². The fraction of sp³-hybridized carbons (Fsp3) is 0.188. The van der Waals surface area contributed by atoms with Crippen molar-refractivity contribution in [1.82, 2.24) is 5.32 Å². The van der Waals surface area contributed by atoms with Crippen LogP contribution in [0.15, 0.2) is 48.5 Å². The van der Waals surface area contributed by atoms with E-state index in [4.69, 9.17) is 0 Å². The minimum Gasteiger partial charge on any atom is -0.345 e. The van der Waals surface area contributed by atoms with Crippen LogP contribution in [0, 0.1) is 6.92 Å². The minimum atomic E-state index is 0.0325. The number of hydrogen-bond donors (Lipinski definition) is 1. The Kier molecular flexibility index (Phi) is 2.63. The van der Waals surface area contributed by atoms with Gasteiger partial charge in [0.05, 0.1) is 6.04 Å². The van der Waals surface area contributed by atoms with Crippen molar-refractivity contribution in [1.29, 1.82) is 0 Å². The third kappa shape index (κ3) is 1.90. The van der Waals surface area contributed by atoms with Crippen molar-refractivity contribution in [2.45, 2.75) is 19.4 Å². The van der Waals surface area contributed by atoms with Gasteiger partial charge >= 0.3 is 0 Å². The number of fused-ring (bicyclic) bond motifs is 1. The highest BCUT2D eigenvalue weighted by molar-refractivity contribution is 5.97. The number of hydrogen-bond acceptors (Lipinski definition) is 1. The van der Waals surface area contributed by atoms with Crippen molar-refractivity contribution >= 4 is 5.91 Å². The van der Waals surface area contributed by atoms with Crippen LogP contribution >= 0.6 is 0 Å². The number of amides is 1. The van der Waals surface area contributed by atoms with Crippen LogP contribution in [0.2, 0.25) is 0 Å². The van der Waals surface area contributed by atoms with E-state index in [2.05, 4.69) is 30.4 Å². The maximum atomic E-state index is 12.1. The average molecular weight is 237 g/mol. The van der Waals surface area contributed by atoms with E-state index in [1.165, 1.54) is 5.56 Å². The van der Waals surface area contributed by atoms with Crippen LogP contribution in [0.3, 0.4) is 0 Å². The molecular weight excluding hydrogens is 222 g/mol. The Morgan fingerprint density at radius 2 is 1.89 bits per heavy atom. The summed E-state index contributed by atoms with van der Waals surface area (Å²) in [6.07, 6.45) is 0.868. The highest BCUT2D eigenvalue weighted by atomic mass is 16.1. The van der Waals surface area contributed by atoms with E-state index in [1.54, 1.807) is 0 Å². The second-order valence-electron chi connectivity index (χ2n) is 4.80. The second-order valence-corrected chi connectivity index (χ2v) is 4.80. The second kappa shape index (κ2) is 4.30. The van der Waals surface area contributed by atoms with Gasteiger partial charge in [-0.3, -0.25) is 4.79 Å². The molecule has 0 spiro atoms. The zero-order valence-corrected chi connectivity index (χ0v) is 10.3. The Hall–Kier alpha value is -2.09. The molecule has 1 amide bonds. The molecule has 1 unspecified atom stereocenters. The highest BCUT2D eigenvalue weighted by Gasteiger charge is 2.24. The summed E-state index contributed by atoms with van der Waals surface area (Å²) in [7, 11) is 0. The smallest absolute Gasteiger partial charge is 0.252 e. The highest BCUT2D eigenvalue weighted by Crippen LogP contribution is 2.26. The van der Waals surface area contributed by atoms with Crippen LogP contribution in [0.4, 0.5) is 0 Å². The van der Waals surface area contributed by atoms with Gasteiger partial charge in [0.2, 0.25) is 0 Å². The van der Waals surface area contributed by atoms with Crippen molar-refractivity contribution < 1.29 is 4.79 Å². The first kappa shape index (κ1) is 11.0. The minimum absolute atomic E-state index is 0.0325. The summed E-state index contributed by atoms with van der Waals surface area (Å²) in [6, 6.07) is 16.2. The van der Waals surface area contributed by atoms with E-state index < -0.39 is 0 Å². The van der Waals surface area contributed by atoms with Gasteiger partial charge in [-0.15, -0.1) is 0 Å². The molecular formula is C16H15NO. The number of rotatable bonds is 1. The van der Waals surface area contributed by atoms with Crippen LogP contribution in [-0.4, -0.2) is 5.91 Å². The summed E-state index contributed by atoms with van der Waals surface area (Å²) in [5.41, 5.74) is 4.33. The number of benzene rings is 2. The predicted molar refractivity (Wildman–Crippen MR) is 71.5 cm³/mol. The molecule has 18 heavy (non-hydrogen) atoms. The zero-order chi connectivity index (χ0) is 12.5. The molecule has 2 aromatic rings. The van der Waals surface area contributed by atoms with E-state index in [0.717, 1.165) is 23.1 Å². The van der Waals surface area contributed by atoms with Crippen LogP contribution < -0.4 is 5.32 Å². The lowest BCUT2D eigenvalue weighted by atomic mass is 9.90. The molecule has 0 aliphatic carbocycles. The monoisotopic (exact) mass is 237 g/mol. The van der Waals surface area contributed by atoms with E-state index in [0.29, 0.717) is 0 Å². The summed E-state index contributed by atoms with van der Waals surface area (Å²) in [4.78, 5) is 12.1. The molecule has 90 valence electrons. The van der Waals surface area contributed by atoms with Gasteiger partial charge < -0.3 is 5.32 Å². The first-order valence-corrected chi connectivity index (χ1v) is 6.19. The van der Waals surface area contributed by atoms with Crippen molar-refractivity contribution in [3.8, 4) is 0 Å². The Morgan fingerprint density at radius 1 is 1.11 bits per heavy atom. The van der Waals surface area contributed by atoms with Crippen molar-refractivity contribution in [3.05, 3.63) is 70.8 Å². The van der Waals surface area contributed by atoms with Gasteiger partial charge in [0.15, 0.2) is 0 Å². The number of nitrogens with one attached hydrogen (secondary N) is 1. The first-order valence-electron chi connectivity index (χ1n) is 6.19. The Labute approximate surface area is 107 Å². The van der Waals surface area contributed by atoms with Crippen molar-refractivity contribution in [2.24, 2.45) is 0 Å². The van der Waals surface area contributed by atoms with E-state index >= 15 is 0 Å². The standard InChI is InChI=1S/C16H15NO/c1-11-7-8-14-13(9-11)10-15(17-16(14)18)12-5-3-2-4-6-12/h2-9,15H,10H2,1H3,(H,17,18). The molecule has 2 nitrogen and oxygen atoms in total. The van der Waals surface area contributed by atoms with E-state index in [-0.39, 0.29) is 11.9 Å². The third-order valence-electron chi connectivity index (χ3n) is 3.44. The number of carbonyl (C=O) groups is 1. The molecule has 0 saturated carbocycles. The zero-order valence-electron chi connectivity index (χ0n) is 10.3. The lowest BCUT2D eigenvalue weighted by Crippen LogP contribution is -2.35. The molecule has 0 bridgehead atoms. The van der Waals surface area contributed by atoms with Gasteiger partial charge in [-0.05, 0) is 30.5 Å². The van der Waals surface area contributed by atoms with Gasteiger partial charge in [-0.2, -0.15) is 0 Å². The normalized spacial score (nSPS) is 18.1. The summed E-state index contributed by atoms with van der Waals surface area (Å²) >= 11 is 0. The van der Waals surface area contributed by atoms with Crippen LogP contribution in [0.1, 0.15) is 33.1 Å². The fourth-order valence-electron chi connectivity index (χ4n) is 2.51. The summed E-state index contributed by atoms with van der Waals surface area (Å²) in [6.45, 7) is 2.06. The van der Waals surface area contributed by atoms with Crippen LogP contribution in [0.25, 0.3) is 0 Å². The third-order valence-corrected chi connectivity index (χ3v) is 3.44. The van der Waals surface area contributed by atoms with E-state index in [1.807, 2.05) is 30.3 Å². The van der Waals surface area contributed by atoms with Gasteiger partial charge in [0, 0.05) is 5.56 Å². The lowest BCUT2D eigenvalue weighted by molar-refractivity contribution is 0.0925. The topological polar surface area (TPSA) is 29.1 Å². The molecule has 0 radical (unpaired) electrons. The first-order chi connectivity index (χ1) is 8.74. The molecule has 1 aliphatic rings. The molecule has 0 fully saturated rings. The molecule has 1 N–H and O–H groups in total. The summed E-state index contributed by atoms with van der Waals surface area (Å²) in [5, 5.41) is 3.07. The molecule has 1 heterocycles. The molecule has 1 atom stereocenters. The molecule has 0 saturated heterocycles. The lowest BCUT2D eigenvalue weighted by Gasteiger charge is -2.26. The largest absolute Gasteiger partial charge is 0.345 e. The molecule has 0 aromatic heterocycles.